The fourth-order valence-corrected chi connectivity index (χ4v) is 2.40. The lowest BCUT2D eigenvalue weighted by molar-refractivity contribution is 0.0526. The lowest BCUT2D eigenvalue weighted by Crippen LogP contribution is -2.45. The molecule has 1 saturated carbocycles. The average molecular weight is 269 g/mol. The number of benzene rings is 1. The van der Waals surface area contributed by atoms with Gasteiger partial charge in [-0.05, 0) is 37.5 Å². The van der Waals surface area contributed by atoms with Gasteiger partial charge in [-0.25, -0.2) is 0 Å². The van der Waals surface area contributed by atoms with Crippen molar-refractivity contribution < 1.29 is 9.90 Å². The van der Waals surface area contributed by atoms with Crippen LogP contribution in [0.25, 0.3) is 0 Å². The first-order valence-corrected chi connectivity index (χ1v) is 6.47. The Morgan fingerprint density at radius 3 is 2.67 bits per heavy atom. The van der Waals surface area contributed by atoms with Crippen molar-refractivity contribution in [2.45, 2.75) is 25.3 Å². The quantitative estimate of drug-likeness (QED) is 0.820. The van der Waals surface area contributed by atoms with Crippen LogP contribution in [0.2, 0.25) is 5.02 Å². The van der Waals surface area contributed by atoms with Crippen LogP contribution in [0.1, 0.15) is 29.6 Å². The van der Waals surface area contributed by atoms with Gasteiger partial charge in [-0.15, -0.1) is 0 Å². The van der Waals surface area contributed by atoms with Gasteiger partial charge in [0.1, 0.15) is 0 Å². The van der Waals surface area contributed by atoms with Gasteiger partial charge in [0.2, 0.25) is 0 Å². The van der Waals surface area contributed by atoms with Gasteiger partial charge < -0.3 is 15.7 Å². The fourth-order valence-electron chi connectivity index (χ4n) is 2.16. The minimum Gasteiger partial charge on any atom is -0.399 e. The van der Waals surface area contributed by atoms with Crippen LogP contribution in [0, 0.1) is 0 Å². The highest BCUT2D eigenvalue weighted by Crippen LogP contribution is 2.27. The van der Waals surface area contributed by atoms with Crippen LogP contribution in [0.5, 0.6) is 0 Å². The maximum absolute atomic E-state index is 12.4. The number of nitrogens with two attached hydrogens (primary N) is 1. The van der Waals surface area contributed by atoms with Crippen LogP contribution in [0.15, 0.2) is 18.2 Å². The maximum Gasteiger partial charge on any atom is 0.254 e. The second kappa shape index (κ2) is 5.59. The molecule has 18 heavy (non-hydrogen) atoms. The van der Waals surface area contributed by atoms with Crippen molar-refractivity contribution >= 4 is 23.2 Å². The predicted molar refractivity (Wildman–Crippen MR) is 71.6 cm³/mol. The summed E-state index contributed by atoms with van der Waals surface area (Å²) < 4.78 is 0. The SMILES string of the molecule is Nc1cc(Cl)cc(C(=O)N(CCO)C2CCC2)c1. The lowest BCUT2D eigenvalue weighted by Gasteiger charge is -2.37. The summed E-state index contributed by atoms with van der Waals surface area (Å²) in [6, 6.07) is 5.09. The van der Waals surface area contributed by atoms with Gasteiger partial charge in [0, 0.05) is 28.9 Å². The molecule has 0 aromatic heterocycles. The van der Waals surface area contributed by atoms with Crippen molar-refractivity contribution in [1.29, 1.82) is 0 Å². The molecule has 1 amide bonds. The fraction of sp³-hybridized carbons (Fsp3) is 0.462. The molecule has 0 unspecified atom stereocenters. The molecule has 0 aliphatic heterocycles. The highest BCUT2D eigenvalue weighted by Gasteiger charge is 2.29. The third-order valence-electron chi connectivity index (χ3n) is 3.28. The smallest absolute Gasteiger partial charge is 0.254 e. The van der Waals surface area contributed by atoms with Crippen molar-refractivity contribution in [3.05, 3.63) is 28.8 Å². The zero-order valence-corrected chi connectivity index (χ0v) is 10.9. The molecule has 5 heteroatoms. The van der Waals surface area contributed by atoms with Crippen LogP contribution in [0.4, 0.5) is 5.69 Å². The Morgan fingerprint density at radius 2 is 2.17 bits per heavy atom. The number of nitrogens with zero attached hydrogens (tertiary/aromatic N) is 1. The standard InChI is InChI=1S/C13H17ClN2O2/c14-10-6-9(7-11(15)8-10)13(18)16(4-5-17)12-2-1-3-12/h6-8,12,17H,1-5,15H2. The number of rotatable bonds is 4. The Bertz CT molecular complexity index is 426. The van der Waals surface area contributed by atoms with Crippen LogP contribution in [-0.4, -0.2) is 35.1 Å². The number of hydrogen-bond donors (Lipinski definition) is 2. The summed E-state index contributed by atoms with van der Waals surface area (Å²) >= 11 is 5.90. The molecule has 0 spiro atoms. The third kappa shape index (κ3) is 2.76. The number of carbonyl (C=O) groups is 1. The van der Waals surface area contributed by atoms with Gasteiger partial charge in [0.05, 0.1) is 6.61 Å². The normalized spacial score (nSPS) is 15.2. The molecule has 2 rings (SSSR count). The van der Waals surface area contributed by atoms with Crippen molar-refractivity contribution in [2.24, 2.45) is 0 Å². The van der Waals surface area contributed by atoms with E-state index in [0.29, 0.717) is 22.8 Å². The van der Waals surface area contributed by atoms with E-state index in [2.05, 4.69) is 0 Å². The molecule has 98 valence electrons. The second-order valence-corrected chi connectivity index (χ2v) is 5.02. The number of hydrogen-bond acceptors (Lipinski definition) is 3. The van der Waals surface area contributed by atoms with Crippen molar-refractivity contribution in [2.75, 3.05) is 18.9 Å². The van der Waals surface area contributed by atoms with E-state index < -0.39 is 0 Å². The summed E-state index contributed by atoms with van der Waals surface area (Å²) in [5.74, 6) is -0.108. The molecular formula is C13H17ClN2O2. The predicted octanol–water partition coefficient (Wildman–Crippen LogP) is 1.91. The largest absolute Gasteiger partial charge is 0.399 e. The topological polar surface area (TPSA) is 66.6 Å². The minimum absolute atomic E-state index is 0.0295. The number of halogens is 1. The summed E-state index contributed by atoms with van der Waals surface area (Å²) in [6.07, 6.45) is 3.14. The van der Waals surface area contributed by atoms with Crippen LogP contribution in [0.3, 0.4) is 0 Å². The molecule has 0 saturated heterocycles. The number of aliphatic hydroxyl groups is 1. The Hall–Kier alpha value is -1.26. The van der Waals surface area contributed by atoms with Crippen LogP contribution >= 0.6 is 11.6 Å². The second-order valence-electron chi connectivity index (χ2n) is 4.58. The highest BCUT2D eigenvalue weighted by atomic mass is 35.5. The molecule has 4 nitrogen and oxygen atoms in total. The molecule has 0 radical (unpaired) electrons. The van der Waals surface area contributed by atoms with Gasteiger partial charge in [-0.2, -0.15) is 0 Å². The van der Waals surface area contributed by atoms with Crippen molar-refractivity contribution in [1.82, 2.24) is 4.90 Å². The zero-order chi connectivity index (χ0) is 13.1. The molecule has 0 bridgehead atoms. The van der Waals surface area contributed by atoms with E-state index in [1.165, 1.54) is 0 Å². The Kier molecular flexibility index (Phi) is 4.09. The first-order chi connectivity index (χ1) is 8.61. The van der Waals surface area contributed by atoms with Gasteiger partial charge in [0.25, 0.3) is 5.91 Å². The molecule has 0 atom stereocenters. The minimum atomic E-state index is -0.108. The average Bonchev–Trinajstić information content (AvgIpc) is 2.23. The van der Waals surface area contributed by atoms with Gasteiger partial charge >= 0.3 is 0 Å². The number of nitrogen functional groups attached to an aromatic ring is 1. The summed E-state index contributed by atoms with van der Waals surface area (Å²) in [5, 5.41) is 9.52. The van der Waals surface area contributed by atoms with E-state index in [4.69, 9.17) is 22.4 Å². The van der Waals surface area contributed by atoms with Crippen LogP contribution < -0.4 is 5.73 Å². The van der Waals surface area contributed by atoms with Gasteiger partial charge in [0.15, 0.2) is 0 Å². The summed E-state index contributed by atoms with van der Waals surface area (Å²) in [5.41, 5.74) is 6.65. The Balaban J connectivity index is 2.21. The maximum atomic E-state index is 12.4. The molecule has 3 N–H and O–H groups in total. The monoisotopic (exact) mass is 268 g/mol. The van der Waals surface area contributed by atoms with Gasteiger partial charge in [-0.1, -0.05) is 11.6 Å². The van der Waals surface area contributed by atoms with E-state index in [1.54, 1.807) is 23.1 Å². The van der Waals surface area contributed by atoms with E-state index in [-0.39, 0.29) is 18.6 Å². The van der Waals surface area contributed by atoms with Crippen LogP contribution in [-0.2, 0) is 0 Å². The Labute approximate surface area is 111 Å². The molecule has 1 aliphatic carbocycles. The highest BCUT2D eigenvalue weighted by molar-refractivity contribution is 6.31. The van der Waals surface area contributed by atoms with E-state index in [0.717, 1.165) is 19.3 Å². The number of anilines is 1. The first kappa shape index (κ1) is 13.2. The number of carbonyl (C=O) groups excluding carboxylic acids is 1. The number of amides is 1. The van der Waals surface area contributed by atoms with Gasteiger partial charge in [-0.3, -0.25) is 4.79 Å². The zero-order valence-electron chi connectivity index (χ0n) is 10.1. The van der Waals surface area contributed by atoms with E-state index >= 15 is 0 Å². The molecule has 0 heterocycles. The van der Waals surface area contributed by atoms with Crippen molar-refractivity contribution in [3.8, 4) is 0 Å². The first-order valence-electron chi connectivity index (χ1n) is 6.09. The summed E-state index contributed by atoms with van der Waals surface area (Å²) in [7, 11) is 0. The molecule has 1 aromatic carbocycles. The summed E-state index contributed by atoms with van der Waals surface area (Å²) in [4.78, 5) is 14.1. The molecular weight excluding hydrogens is 252 g/mol. The van der Waals surface area contributed by atoms with Crippen molar-refractivity contribution in [3.63, 3.8) is 0 Å². The molecule has 1 aliphatic rings. The molecule has 1 fully saturated rings. The van der Waals surface area contributed by atoms with E-state index in [1.807, 2.05) is 0 Å². The molecule has 1 aromatic rings. The third-order valence-corrected chi connectivity index (χ3v) is 3.50. The Morgan fingerprint density at radius 1 is 1.44 bits per heavy atom. The number of aliphatic hydroxyl groups excluding tert-OH is 1. The lowest BCUT2D eigenvalue weighted by atomic mass is 9.91. The summed E-state index contributed by atoms with van der Waals surface area (Å²) in [6.45, 7) is 0.328. The van der Waals surface area contributed by atoms with E-state index in [9.17, 15) is 4.79 Å².